The van der Waals surface area contributed by atoms with Crippen LogP contribution in [0.1, 0.15) is 5.56 Å². The molecule has 14 heavy (non-hydrogen) atoms. The van der Waals surface area contributed by atoms with Crippen molar-refractivity contribution in [3.63, 3.8) is 0 Å². The summed E-state index contributed by atoms with van der Waals surface area (Å²) in [5.74, 6) is 0. The molecule has 0 aliphatic heterocycles. The molecule has 0 aromatic heterocycles. The van der Waals surface area contributed by atoms with Crippen molar-refractivity contribution in [3.8, 4) is 0 Å². The summed E-state index contributed by atoms with van der Waals surface area (Å²) in [7, 11) is -4.67. The molecule has 0 aliphatic carbocycles. The van der Waals surface area contributed by atoms with Gasteiger partial charge in [0.1, 0.15) is 0 Å². The van der Waals surface area contributed by atoms with Crippen molar-refractivity contribution >= 4 is 12.9 Å². The standard InChI is InChI=1S/C8H9O3P.2Li/c1-7(12(9,10)11)8-5-3-2-4-6-8;;/h2-6H,1H2,(H2,9,10,11);;/q;2*+1/p-2. The van der Waals surface area contributed by atoms with Crippen LogP contribution in [0.5, 0.6) is 0 Å². The van der Waals surface area contributed by atoms with E-state index < -0.39 is 7.60 Å². The topological polar surface area (TPSA) is 63.2 Å². The van der Waals surface area contributed by atoms with Crippen molar-refractivity contribution in [1.29, 1.82) is 0 Å². The second kappa shape index (κ2) is 6.73. The van der Waals surface area contributed by atoms with Gasteiger partial charge in [-0.1, -0.05) is 36.9 Å². The van der Waals surface area contributed by atoms with Crippen molar-refractivity contribution in [2.45, 2.75) is 0 Å². The average molecular weight is 196 g/mol. The predicted molar refractivity (Wildman–Crippen MR) is 43.1 cm³/mol. The SMILES string of the molecule is C=C(c1ccccc1)P(=O)([O-])[O-].[Li+].[Li+]. The van der Waals surface area contributed by atoms with Crippen LogP contribution in [-0.4, -0.2) is 0 Å². The van der Waals surface area contributed by atoms with E-state index in [2.05, 4.69) is 6.58 Å². The van der Waals surface area contributed by atoms with Crippen molar-refractivity contribution < 1.29 is 52.1 Å². The Morgan fingerprint density at radius 1 is 1.14 bits per heavy atom. The van der Waals surface area contributed by atoms with Gasteiger partial charge in [0.15, 0.2) is 0 Å². The van der Waals surface area contributed by atoms with E-state index in [4.69, 9.17) is 0 Å². The smallest absolute Gasteiger partial charge is 0.807 e. The maximum Gasteiger partial charge on any atom is 1.00 e. The summed E-state index contributed by atoms with van der Waals surface area (Å²) in [5, 5.41) is -0.358. The summed E-state index contributed by atoms with van der Waals surface area (Å²) in [6.45, 7) is 3.21. The molecule has 0 radical (unpaired) electrons. The zero-order chi connectivity index (χ0) is 9.19. The third-order valence-electron chi connectivity index (χ3n) is 1.44. The molecular weight excluding hydrogens is 189 g/mol. The first kappa shape index (κ1) is 16.7. The molecule has 64 valence electrons. The normalized spacial score (nSPS) is 9.57. The van der Waals surface area contributed by atoms with E-state index in [0.717, 1.165) is 0 Å². The first-order valence-corrected chi connectivity index (χ1v) is 4.83. The van der Waals surface area contributed by atoms with Gasteiger partial charge in [0, 0.05) is 0 Å². The molecule has 6 heteroatoms. The fourth-order valence-corrected chi connectivity index (χ4v) is 1.25. The van der Waals surface area contributed by atoms with E-state index in [1.165, 1.54) is 12.1 Å². The van der Waals surface area contributed by atoms with Crippen LogP contribution in [0.25, 0.3) is 5.31 Å². The Morgan fingerprint density at radius 2 is 1.57 bits per heavy atom. The maximum absolute atomic E-state index is 10.5. The van der Waals surface area contributed by atoms with Gasteiger partial charge in [-0.3, -0.25) is 0 Å². The van der Waals surface area contributed by atoms with E-state index in [1.54, 1.807) is 18.2 Å². The number of hydrogen-bond acceptors (Lipinski definition) is 3. The van der Waals surface area contributed by atoms with Crippen LogP contribution in [0.3, 0.4) is 0 Å². The van der Waals surface area contributed by atoms with Gasteiger partial charge >= 0.3 is 37.7 Å². The van der Waals surface area contributed by atoms with Crippen molar-refractivity contribution in [3.05, 3.63) is 42.5 Å². The molecule has 0 atom stereocenters. The molecule has 0 spiro atoms. The van der Waals surface area contributed by atoms with Gasteiger partial charge in [-0.25, -0.2) is 0 Å². The summed E-state index contributed by atoms with van der Waals surface area (Å²) in [4.78, 5) is 21.0. The van der Waals surface area contributed by atoms with Crippen LogP contribution in [0.4, 0.5) is 0 Å². The van der Waals surface area contributed by atoms with Crippen molar-refractivity contribution in [2.75, 3.05) is 0 Å². The summed E-state index contributed by atoms with van der Waals surface area (Å²) in [6.07, 6.45) is 0. The minimum absolute atomic E-state index is 0. The van der Waals surface area contributed by atoms with Gasteiger partial charge in [-0.05, 0) is 18.5 Å². The summed E-state index contributed by atoms with van der Waals surface area (Å²) in [5.41, 5.74) is 0.353. The molecule has 0 unspecified atom stereocenters. The first-order chi connectivity index (χ1) is 5.52. The summed E-state index contributed by atoms with van der Waals surface area (Å²) < 4.78 is 10.5. The van der Waals surface area contributed by atoms with Crippen LogP contribution in [-0.2, 0) is 4.57 Å². The van der Waals surface area contributed by atoms with E-state index in [0.29, 0.717) is 5.56 Å². The third-order valence-corrected chi connectivity index (χ3v) is 2.36. The molecule has 0 saturated carbocycles. The Morgan fingerprint density at radius 3 is 1.93 bits per heavy atom. The van der Waals surface area contributed by atoms with E-state index in [9.17, 15) is 14.4 Å². The molecule has 0 heterocycles. The minimum Gasteiger partial charge on any atom is -0.807 e. The third kappa shape index (κ3) is 4.69. The molecule has 0 fully saturated rings. The van der Waals surface area contributed by atoms with Crippen LogP contribution >= 0.6 is 7.60 Å². The Hall–Kier alpha value is 0.305. The van der Waals surface area contributed by atoms with Crippen LogP contribution < -0.4 is 47.5 Å². The van der Waals surface area contributed by atoms with Gasteiger partial charge < -0.3 is 14.4 Å². The van der Waals surface area contributed by atoms with E-state index in [-0.39, 0.29) is 43.0 Å². The minimum atomic E-state index is -4.67. The van der Waals surface area contributed by atoms with Gasteiger partial charge in [0.25, 0.3) is 0 Å². The predicted octanol–water partition coefficient (Wildman–Crippen LogP) is -5.42. The molecule has 1 aromatic carbocycles. The van der Waals surface area contributed by atoms with E-state index >= 15 is 0 Å². The Kier molecular flexibility index (Phi) is 8.04. The monoisotopic (exact) mass is 196 g/mol. The van der Waals surface area contributed by atoms with Crippen LogP contribution in [0.2, 0.25) is 0 Å². The zero-order valence-electron chi connectivity index (χ0n) is 8.27. The number of hydrogen-bond donors (Lipinski definition) is 0. The molecule has 0 aliphatic rings. The molecular formula is C8H7Li2O3P. The Labute approximate surface area is 107 Å². The molecule has 1 aromatic rings. The fraction of sp³-hybridized carbons (Fsp3) is 0. The summed E-state index contributed by atoms with van der Waals surface area (Å²) >= 11 is 0. The van der Waals surface area contributed by atoms with Crippen LogP contribution in [0.15, 0.2) is 36.9 Å². The largest absolute Gasteiger partial charge is 1.00 e. The Bertz CT molecular complexity index is 334. The average Bonchev–Trinajstić information content (AvgIpc) is 2.03. The molecule has 0 bridgehead atoms. The van der Waals surface area contributed by atoms with Crippen molar-refractivity contribution in [1.82, 2.24) is 0 Å². The molecule has 0 N–H and O–H groups in total. The van der Waals surface area contributed by atoms with Gasteiger partial charge in [-0.15, -0.1) is 0 Å². The maximum atomic E-state index is 10.5. The van der Waals surface area contributed by atoms with Crippen LogP contribution in [0, 0.1) is 0 Å². The second-order valence-electron chi connectivity index (χ2n) is 2.31. The second-order valence-corrected chi connectivity index (χ2v) is 3.84. The van der Waals surface area contributed by atoms with Crippen molar-refractivity contribution in [2.24, 2.45) is 0 Å². The van der Waals surface area contributed by atoms with Gasteiger partial charge in [0.2, 0.25) is 0 Å². The molecule has 0 saturated heterocycles. The van der Waals surface area contributed by atoms with E-state index in [1.807, 2.05) is 0 Å². The molecule has 0 amide bonds. The van der Waals surface area contributed by atoms with Gasteiger partial charge in [-0.2, -0.15) is 0 Å². The molecule has 3 nitrogen and oxygen atoms in total. The quantitative estimate of drug-likeness (QED) is 0.350. The number of benzene rings is 1. The molecule has 1 rings (SSSR count). The summed E-state index contributed by atoms with van der Waals surface area (Å²) in [6, 6.07) is 8.10. The van der Waals surface area contributed by atoms with Gasteiger partial charge in [0.05, 0.1) is 0 Å². The zero-order valence-corrected chi connectivity index (χ0v) is 9.16. The fourth-order valence-electron chi connectivity index (χ4n) is 0.789. The first-order valence-electron chi connectivity index (χ1n) is 3.29. The number of rotatable bonds is 2. The Balaban J connectivity index is 0.